The molecule has 4 aromatic rings. The van der Waals surface area contributed by atoms with Crippen LogP contribution in [0.2, 0.25) is 10.2 Å². The zero-order valence-electron chi connectivity index (χ0n) is 21.4. The number of piperazine rings is 1. The number of pyridine rings is 1. The Hall–Kier alpha value is -3.38. The molecule has 1 fully saturated rings. The average molecular weight is 619 g/mol. The number of nitrogens with zero attached hydrogens (tertiary/aromatic N) is 3. The molecule has 5 rings (SSSR count). The lowest BCUT2D eigenvalue weighted by molar-refractivity contribution is 0.0747. The Labute approximate surface area is 245 Å². The van der Waals surface area contributed by atoms with E-state index in [1.807, 2.05) is 59.3 Å². The van der Waals surface area contributed by atoms with Crippen molar-refractivity contribution in [3.05, 3.63) is 86.8 Å². The summed E-state index contributed by atoms with van der Waals surface area (Å²) in [5, 5.41) is 5.43. The number of thiophene rings is 1. The number of nitrogens with one attached hydrogen (secondary N) is 2. The second-order valence-corrected chi connectivity index (χ2v) is 12.6. The number of halogens is 2. The number of fused-ring (bicyclic) bond motifs is 1. The number of anilines is 2. The second kappa shape index (κ2) is 11.6. The Kier molecular flexibility index (Phi) is 8.18. The molecular weight excluding hydrogens is 593 g/mol. The molecule has 208 valence electrons. The number of sulfonamides is 1. The normalized spacial score (nSPS) is 13.9. The smallest absolute Gasteiger partial charge is 0.267 e. The number of hydrogen-bond donors (Lipinski definition) is 2. The molecule has 0 spiro atoms. The summed E-state index contributed by atoms with van der Waals surface area (Å²) in [7, 11) is -3.79. The van der Waals surface area contributed by atoms with Crippen LogP contribution < -0.4 is 14.9 Å². The number of amides is 2. The standard InChI is InChI=1S/C27H25Cl2N5O4S2/c1-40(37,38)32-26(35)18-16-39-24-22(18)31-25(29)21(23(24)30-15-17-7-3-2-4-8-17)27(36)34-13-11-33(12-14-34)20-10-6-5-9-19(20)28/h2-10,16H,11-15H2,1H3,(H,30,31)(H,32,35). The summed E-state index contributed by atoms with van der Waals surface area (Å²) in [5.41, 5.74) is 2.81. The largest absolute Gasteiger partial charge is 0.379 e. The van der Waals surface area contributed by atoms with Crippen LogP contribution in [0.25, 0.3) is 10.2 Å². The molecule has 1 aliphatic heterocycles. The Morgan fingerprint density at radius 1 is 1.00 bits per heavy atom. The summed E-state index contributed by atoms with van der Waals surface area (Å²) in [6, 6.07) is 17.2. The van der Waals surface area contributed by atoms with E-state index < -0.39 is 15.9 Å². The molecule has 0 radical (unpaired) electrons. The number of carbonyl (C=O) groups is 2. The first-order valence-electron chi connectivity index (χ1n) is 12.3. The molecular formula is C27H25Cl2N5O4S2. The van der Waals surface area contributed by atoms with E-state index in [9.17, 15) is 18.0 Å². The SMILES string of the molecule is CS(=O)(=O)NC(=O)c1csc2c(NCc3ccccc3)c(C(=O)N3CCN(c4ccccc4Cl)CC3)c(Cl)nc12. The van der Waals surface area contributed by atoms with E-state index in [0.717, 1.165) is 17.5 Å². The molecule has 3 heterocycles. The van der Waals surface area contributed by atoms with Crippen molar-refractivity contribution in [1.82, 2.24) is 14.6 Å². The van der Waals surface area contributed by atoms with E-state index in [1.54, 1.807) is 4.90 Å². The molecule has 1 aliphatic rings. The average Bonchev–Trinajstić information content (AvgIpc) is 3.35. The number of benzene rings is 2. The predicted octanol–water partition coefficient (Wildman–Crippen LogP) is 4.87. The molecule has 1 saturated heterocycles. The maximum Gasteiger partial charge on any atom is 0.267 e. The zero-order chi connectivity index (χ0) is 28.4. The van der Waals surface area contributed by atoms with Gasteiger partial charge in [0.1, 0.15) is 10.7 Å². The van der Waals surface area contributed by atoms with Gasteiger partial charge in [-0.05, 0) is 17.7 Å². The van der Waals surface area contributed by atoms with Crippen molar-refractivity contribution in [2.75, 3.05) is 42.7 Å². The van der Waals surface area contributed by atoms with Crippen molar-refractivity contribution in [2.24, 2.45) is 0 Å². The first-order valence-corrected chi connectivity index (χ1v) is 15.8. The summed E-state index contributed by atoms with van der Waals surface area (Å²) in [6.07, 6.45) is 0.898. The van der Waals surface area contributed by atoms with Gasteiger partial charge in [0.25, 0.3) is 11.8 Å². The molecule has 0 saturated carbocycles. The first kappa shape index (κ1) is 28.2. The van der Waals surface area contributed by atoms with Gasteiger partial charge < -0.3 is 15.1 Å². The van der Waals surface area contributed by atoms with Gasteiger partial charge in [-0.2, -0.15) is 0 Å². The third-order valence-electron chi connectivity index (χ3n) is 6.47. The van der Waals surface area contributed by atoms with E-state index in [0.29, 0.717) is 48.1 Å². The van der Waals surface area contributed by atoms with Crippen molar-refractivity contribution in [3.63, 3.8) is 0 Å². The predicted molar refractivity (Wildman–Crippen MR) is 160 cm³/mol. The minimum atomic E-state index is -3.79. The highest BCUT2D eigenvalue weighted by molar-refractivity contribution is 7.89. The fraction of sp³-hybridized carbons (Fsp3) is 0.222. The fourth-order valence-corrected chi connectivity index (χ4v) is 6.54. The number of hydrogen-bond acceptors (Lipinski definition) is 8. The van der Waals surface area contributed by atoms with Gasteiger partial charge in [0.15, 0.2) is 0 Å². The van der Waals surface area contributed by atoms with Gasteiger partial charge in [-0.25, -0.2) is 18.1 Å². The van der Waals surface area contributed by atoms with Gasteiger partial charge in [-0.3, -0.25) is 9.59 Å². The summed E-state index contributed by atoms with van der Waals surface area (Å²) >= 11 is 14.2. The Morgan fingerprint density at radius 2 is 1.68 bits per heavy atom. The number of aromatic nitrogens is 1. The van der Waals surface area contributed by atoms with Gasteiger partial charge in [-0.15, -0.1) is 11.3 Å². The highest BCUT2D eigenvalue weighted by Gasteiger charge is 2.30. The molecule has 2 amide bonds. The van der Waals surface area contributed by atoms with Crippen LogP contribution in [0.4, 0.5) is 11.4 Å². The third kappa shape index (κ3) is 6.02. The maximum absolute atomic E-state index is 13.9. The molecule has 2 aromatic carbocycles. The highest BCUT2D eigenvalue weighted by Crippen LogP contribution is 2.38. The summed E-state index contributed by atoms with van der Waals surface area (Å²) in [5.74, 6) is -1.11. The van der Waals surface area contributed by atoms with E-state index in [-0.39, 0.29) is 27.7 Å². The Morgan fingerprint density at radius 3 is 2.35 bits per heavy atom. The molecule has 13 heteroatoms. The van der Waals surface area contributed by atoms with Gasteiger partial charge >= 0.3 is 0 Å². The second-order valence-electron chi connectivity index (χ2n) is 9.25. The van der Waals surface area contributed by atoms with Crippen LogP contribution in [0.1, 0.15) is 26.3 Å². The summed E-state index contributed by atoms with van der Waals surface area (Å²) < 4.78 is 25.8. The molecule has 0 unspecified atom stereocenters. The lowest BCUT2D eigenvalue weighted by atomic mass is 10.1. The summed E-state index contributed by atoms with van der Waals surface area (Å²) in [4.78, 5) is 34.9. The highest BCUT2D eigenvalue weighted by atomic mass is 35.5. The van der Waals surface area contributed by atoms with Crippen LogP contribution in [-0.2, 0) is 16.6 Å². The fourth-order valence-electron chi connectivity index (χ4n) is 4.56. The third-order valence-corrected chi connectivity index (χ3v) is 8.60. The van der Waals surface area contributed by atoms with Gasteiger partial charge in [-0.1, -0.05) is 65.7 Å². The van der Waals surface area contributed by atoms with Crippen LogP contribution in [-0.4, -0.2) is 62.6 Å². The van der Waals surface area contributed by atoms with Crippen LogP contribution in [0.3, 0.4) is 0 Å². The van der Waals surface area contributed by atoms with Crippen molar-refractivity contribution < 1.29 is 18.0 Å². The van der Waals surface area contributed by atoms with Gasteiger partial charge in [0.05, 0.1) is 38.4 Å². The van der Waals surface area contributed by atoms with Crippen LogP contribution in [0.5, 0.6) is 0 Å². The monoisotopic (exact) mass is 617 g/mol. The van der Waals surface area contributed by atoms with Crippen molar-refractivity contribution >= 4 is 78.0 Å². The van der Waals surface area contributed by atoms with E-state index in [4.69, 9.17) is 23.2 Å². The molecule has 0 atom stereocenters. The van der Waals surface area contributed by atoms with Crippen molar-refractivity contribution in [3.8, 4) is 0 Å². The minimum absolute atomic E-state index is 0.0578. The van der Waals surface area contributed by atoms with Crippen molar-refractivity contribution in [2.45, 2.75) is 6.54 Å². The number of para-hydroxylation sites is 1. The lowest BCUT2D eigenvalue weighted by Gasteiger charge is -2.36. The quantitative estimate of drug-likeness (QED) is 0.285. The zero-order valence-corrected chi connectivity index (χ0v) is 24.5. The number of rotatable bonds is 7. The van der Waals surface area contributed by atoms with Gasteiger partial charge in [0.2, 0.25) is 10.0 Å². The topological polar surface area (TPSA) is 112 Å². The maximum atomic E-state index is 13.9. The summed E-state index contributed by atoms with van der Waals surface area (Å²) in [6.45, 7) is 2.46. The molecule has 2 N–H and O–H groups in total. The van der Waals surface area contributed by atoms with Gasteiger partial charge in [0, 0.05) is 38.1 Å². The van der Waals surface area contributed by atoms with Crippen LogP contribution in [0.15, 0.2) is 60.0 Å². The minimum Gasteiger partial charge on any atom is -0.379 e. The lowest BCUT2D eigenvalue weighted by Crippen LogP contribution is -2.49. The molecule has 2 aromatic heterocycles. The van der Waals surface area contributed by atoms with Crippen LogP contribution in [0, 0.1) is 0 Å². The molecule has 40 heavy (non-hydrogen) atoms. The Bertz CT molecular complexity index is 1690. The molecule has 9 nitrogen and oxygen atoms in total. The molecule has 0 aliphatic carbocycles. The number of carbonyl (C=O) groups excluding carboxylic acids is 2. The van der Waals surface area contributed by atoms with Crippen LogP contribution >= 0.6 is 34.5 Å². The van der Waals surface area contributed by atoms with E-state index >= 15 is 0 Å². The Balaban J connectivity index is 1.48. The van der Waals surface area contributed by atoms with E-state index in [1.165, 1.54) is 16.7 Å². The molecule has 0 bridgehead atoms. The van der Waals surface area contributed by atoms with Crippen molar-refractivity contribution in [1.29, 1.82) is 0 Å². The van der Waals surface area contributed by atoms with E-state index in [2.05, 4.69) is 15.2 Å². The first-order chi connectivity index (χ1) is 19.1.